The average Bonchev–Trinajstić information content (AvgIpc) is 2.81. The van der Waals surface area contributed by atoms with Crippen LogP contribution >= 0.6 is 0 Å². The molecule has 0 aromatic carbocycles. The maximum Gasteiger partial charge on any atom is 0.253 e. The summed E-state index contributed by atoms with van der Waals surface area (Å²) in [6.07, 6.45) is 4.27. The molecule has 5 heteroatoms. The summed E-state index contributed by atoms with van der Waals surface area (Å²) >= 11 is 0. The van der Waals surface area contributed by atoms with E-state index in [1.807, 2.05) is 24.6 Å². The molecule has 0 unspecified atom stereocenters. The summed E-state index contributed by atoms with van der Waals surface area (Å²) in [5, 5.41) is 8.12. The van der Waals surface area contributed by atoms with Crippen LogP contribution in [0.2, 0.25) is 0 Å². The third kappa shape index (κ3) is 2.75. The minimum Gasteiger partial charge on any atom is -0.350 e. The van der Waals surface area contributed by atoms with Crippen molar-refractivity contribution < 1.29 is 4.79 Å². The highest BCUT2D eigenvalue weighted by molar-refractivity contribution is 5.96. The van der Waals surface area contributed by atoms with Gasteiger partial charge in [-0.05, 0) is 33.3 Å². The number of amides is 1. The summed E-state index contributed by atoms with van der Waals surface area (Å²) in [5.74, 6) is -0.0824. The summed E-state index contributed by atoms with van der Waals surface area (Å²) in [6.45, 7) is 8.13. The molecule has 0 aliphatic carbocycles. The Bertz CT molecular complexity index is 588. The average molecular weight is 260 g/mol. The molecule has 0 aliphatic heterocycles. The maximum atomic E-state index is 12.0. The van der Waals surface area contributed by atoms with Crippen LogP contribution in [0.5, 0.6) is 0 Å². The van der Waals surface area contributed by atoms with Gasteiger partial charge >= 0.3 is 0 Å². The van der Waals surface area contributed by atoms with Crippen molar-refractivity contribution in [2.75, 3.05) is 0 Å². The SMILES string of the molecule is CC[C@@H](C)NC(=O)c1cnc2c(cnn2C(C)C)c1. The van der Waals surface area contributed by atoms with Gasteiger partial charge < -0.3 is 5.32 Å². The number of nitrogens with one attached hydrogen (secondary N) is 1. The largest absolute Gasteiger partial charge is 0.350 e. The zero-order valence-corrected chi connectivity index (χ0v) is 11.8. The molecule has 102 valence electrons. The van der Waals surface area contributed by atoms with Gasteiger partial charge in [0.1, 0.15) is 0 Å². The Morgan fingerprint density at radius 2 is 2.11 bits per heavy atom. The molecule has 1 amide bonds. The monoisotopic (exact) mass is 260 g/mol. The van der Waals surface area contributed by atoms with Crippen LogP contribution in [-0.4, -0.2) is 26.7 Å². The predicted molar refractivity (Wildman–Crippen MR) is 75.1 cm³/mol. The van der Waals surface area contributed by atoms with Gasteiger partial charge in [0.25, 0.3) is 5.91 Å². The molecule has 0 saturated heterocycles. The highest BCUT2D eigenvalue weighted by Gasteiger charge is 2.12. The Hall–Kier alpha value is -1.91. The lowest BCUT2D eigenvalue weighted by atomic mass is 10.2. The normalized spacial score (nSPS) is 12.9. The number of pyridine rings is 1. The third-order valence-electron chi connectivity index (χ3n) is 3.17. The van der Waals surface area contributed by atoms with Gasteiger partial charge in [-0.3, -0.25) is 4.79 Å². The number of hydrogen-bond donors (Lipinski definition) is 1. The molecule has 0 aliphatic rings. The van der Waals surface area contributed by atoms with Crippen molar-refractivity contribution in [1.29, 1.82) is 0 Å². The van der Waals surface area contributed by atoms with Crippen molar-refractivity contribution >= 4 is 16.9 Å². The number of carbonyl (C=O) groups excluding carboxylic acids is 1. The quantitative estimate of drug-likeness (QED) is 0.919. The van der Waals surface area contributed by atoms with Crippen molar-refractivity contribution in [1.82, 2.24) is 20.1 Å². The second-order valence-corrected chi connectivity index (χ2v) is 5.10. The molecule has 1 atom stereocenters. The van der Waals surface area contributed by atoms with Gasteiger partial charge in [-0.1, -0.05) is 6.92 Å². The summed E-state index contributed by atoms with van der Waals surface area (Å²) in [5.41, 5.74) is 1.39. The van der Waals surface area contributed by atoms with E-state index < -0.39 is 0 Å². The van der Waals surface area contributed by atoms with Crippen LogP contribution in [0, 0.1) is 0 Å². The lowest BCUT2D eigenvalue weighted by molar-refractivity contribution is 0.0939. The van der Waals surface area contributed by atoms with E-state index in [2.05, 4.69) is 29.2 Å². The summed E-state index contributed by atoms with van der Waals surface area (Å²) in [6, 6.07) is 2.26. The van der Waals surface area contributed by atoms with Crippen LogP contribution in [0.4, 0.5) is 0 Å². The van der Waals surface area contributed by atoms with Crippen LogP contribution in [0.15, 0.2) is 18.5 Å². The maximum absolute atomic E-state index is 12.0. The number of carbonyl (C=O) groups is 1. The first-order valence-corrected chi connectivity index (χ1v) is 6.67. The fourth-order valence-electron chi connectivity index (χ4n) is 1.85. The Kier molecular flexibility index (Phi) is 3.83. The molecule has 2 rings (SSSR count). The van der Waals surface area contributed by atoms with Crippen LogP contribution in [0.3, 0.4) is 0 Å². The fraction of sp³-hybridized carbons (Fsp3) is 0.500. The van der Waals surface area contributed by atoms with E-state index >= 15 is 0 Å². The Balaban J connectivity index is 2.30. The molecule has 0 bridgehead atoms. The molecule has 0 spiro atoms. The molecule has 0 fully saturated rings. The van der Waals surface area contributed by atoms with Crippen LogP contribution in [-0.2, 0) is 0 Å². The van der Waals surface area contributed by atoms with Gasteiger partial charge in [-0.2, -0.15) is 5.10 Å². The first kappa shape index (κ1) is 13.5. The molecule has 2 aromatic heterocycles. The van der Waals surface area contributed by atoms with E-state index in [-0.39, 0.29) is 18.0 Å². The van der Waals surface area contributed by atoms with Gasteiger partial charge in [0, 0.05) is 23.7 Å². The lowest BCUT2D eigenvalue weighted by Gasteiger charge is -2.11. The smallest absolute Gasteiger partial charge is 0.253 e. The molecule has 0 saturated carbocycles. The zero-order valence-electron chi connectivity index (χ0n) is 11.8. The highest BCUT2D eigenvalue weighted by Crippen LogP contribution is 2.16. The van der Waals surface area contributed by atoms with Gasteiger partial charge in [0.15, 0.2) is 5.65 Å². The summed E-state index contributed by atoms with van der Waals surface area (Å²) in [7, 11) is 0. The van der Waals surface area contributed by atoms with Gasteiger partial charge in [-0.25, -0.2) is 9.67 Å². The molecule has 2 heterocycles. The molecule has 19 heavy (non-hydrogen) atoms. The molecule has 2 aromatic rings. The van der Waals surface area contributed by atoms with Gasteiger partial charge in [0.05, 0.1) is 11.8 Å². The van der Waals surface area contributed by atoms with E-state index in [0.29, 0.717) is 5.56 Å². The standard InChI is InChI=1S/C14H20N4O/c1-5-10(4)17-14(19)12-6-11-8-16-18(9(2)3)13(11)15-7-12/h6-10H,5H2,1-4H3,(H,17,19)/t10-/m1/s1. The first-order chi connectivity index (χ1) is 9.02. The number of hydrogen-bond acceptors (Lipinski definition) is 3. The van der Waals surface area contributed by atoms with E-state index in [4.69, 9.17) is 0 Å². The topological polar surface area (TPSA) is 59.8 Å². The lowest BCUT2D eigenvalue weighted by Crippen LogP contribution is -2.31. The predicted octanol–water partition coefficient (Wildman–Crippen LogP) is 2.54. The second kappa shape index (κ2) is 5.38. The Morgan fingerprint density at radius 1 is 1.37 bits per heavy atom. The van der Waals surface area contributed by atoms with E-state index in [0.717, 1.165) is 17.5 Å². The van der Waals surface area contributed by atoms with Crippen molar-refractivity contribution in [3.05, 3.63) is 24.0 Å². The molecule has 0 radical (unpaired) electrons. The molecular formula is C14H20N4O. The first-order valence-electron chi connectivity index (χ1n) is 6.67. The fourth-order valence-corrected chi connectivity index (χ4v) is 1.85. The van der Waals surface area contributed by atoms with Crippen molar-refractivity contribution in [2.45, 2.75) is 46.2 Å². The van der Waals surface area contributed by atoms with Crippen molar-refractivity contribution in [3.63, 3.8) is 0 Å². The molecule has 1 N–H and O–H groups in total. The van der Waals surface area contributed by atoms with Gasteiger partial charge in [0.2, 0.25) is 0 Å². The van der Waals surface area contributed by atoms with E-state index in [1.165, 1.54) is 0 Å². The van der Waals surface area contributed by atoms with E-state index in [9.17, 15) is 4.79 Å². The van der Waals surface area contributed by atoms with Crippen LogP contribution in [0.25, 0.3) is 11.0 Å². The van der Waals surface area contributed by atoms with Crippen molar-refractivity contribution in [2.24, 2.45) is 0 Å². The van der Waals surface area contributed by atoms with E-state index in [1.54, 1.807) is 12.4 Å². The minimum absolute atomic E-state index is 0.0824. The number of rotatable bonds is 4. The minimum atomic E-state index is -0.0824. The third-order valence-corrected chi connectivity index (χ3v) is 3.17. The zero-order chi connectivity index (χ0) is 14.0. The highest BCUT2D eigenvalue weighted by atomic mass is 16.1. The molecular weight excluding hydrogens is 240 g/mol. The molecule has 5 nitrogen and oxygen atoms in total. The Labute approximate surface area is 113 Å². The Morgan fingerprint density at radius 3 is 2.74 bits per heavy atom. The summed E-state index contributed by atoms with van der Waals surface area (Å²) in [4.78, 5) is 16.4. The summed E-state index contributed by atoms with van der Waals surface area (Å²) < 4.78 is 1.85. The number of aromatic nitrogens is 3. The van der Waals surface area contributed by atoms with Gasteiger partial charge in [-0.15, -0.1) is 0 Å². The number of nitrogens with zero attached hydrogens (tertiary/aromatic N) is 3. The van der Waals surface area contributed by atoms with Crippen LogP contribution in [0.1, 0.15) is 50.5 Å². The van der Waals surface area contributed by atoms with Crippen molar-refractivity contribution in [3.8, 4) is 0 Å². The van der Waals surface area contributed by atoms with Crippen LogP contribution < -0.4 is 5.32 Å². The second-order valence-electron chi connectivity index (χ2n) is 5.10. The number of fused-ring (bicyclic) bond motifs is 1.